The summed E-state index contributed by atoms with van der Waals surface area (Å²) in [7, 11) is 0. The quantitative estimate of drug-likeness (QED) is 0.452. The third kappa shape index (κ3) is 4.50. The zero-order chi connectivity index (χ0) is 11.3. The molecule has 0 aromatic rings. The first kappa shape index (κ1) is 12.3. The minimum Gasteiger partial charge on any atom is -0.462 e. The van der Waals surface area contributed by atoms with Gasteiger partial charge in [0.05, 0.1) is 12.0 Å². The molecule has 2 unspecified atom stereocenters. The molecule has 1 rings (SSSR count). The Morgan fingerprint density at radius 3 is 2.80 bits per heavy atom. The first-order chi connectivity index (χ1) is 7.09. The van der Waals surface area contributed by atoms with Gasteiger partial charge in [-0.25, -0.2) is 0 Å². The Hall–Kier alpha value is -0.790. The van der Waals surface area contributed by atoms with Gasteiger partial charge < -0.3 is 4.74 Å². The number of cyclic esters (lactones) is 1. The van der Waals surface area contributed by atoms with Gasteiger partial charge >= 0.3 is 5.97 Å². The summed E-state index contributed by atoms with van der Waals surface area (Å²) in [4.78, 5) is 11.6. The molecule has 0 amide bonds. The predicted molar refractivity (Wildman–Crippen MR) is 61.6 cm³/mol. The summed E-state index contributed by atoms with van der Waals surface area (Å²) in [5, 5.41) is 0. The van der Waals surface area contributed by atoms with Crippen LogP contribution < -0.4 is 0 Å². The van der Waals surface area contributed by atoms with E-state index >= 15 is 0 Å². The van der Waals surface area contributed by atoms with Gasteiger partial charge in [0.2, 0.25) is 0 Å². The van der Waals surface area contributed by atoms with E-state index in [-0.39, 0.29) is 18.0 Å². The van der Waals surface area contributed by atoms with E-state index in [1.54, 1.807) is 0 Å². The second-order valence-corrected chi connectivity index (χ2v) is 4.67. The Morgan fingerprint density at radius 1 is 1.33 bits per heavy atom. The minimum absolute atomic E-state index is 0.0259. The van der Waals surface area contributed by atoms with E-state index in [1.165, 1.54) is 5.57 Å². The zero-order valence-corrected chi connectivity index (χ0v) is 10.1. The van der Waals surface area contributed by atoms with Crippen LogP contribution in [-0.2, 0) is 9.53 Å². The van der Waals surface area contributed by atoms with Crippen LogP contribution in [0.2, 0.25) is 0 Å². The molecule has 15 heavy (non-hydrogen) atoms. The van der Waals surface area contributed by atoms with Crippen LogP contribution in [0.4, 0.5) is 0 Å². The lowest BCUT2D eigenvalue weighted by Crippen LogP contribution is -2.20. The molecule has 0 saturated heterocycles. The molecule has 0 aromatic heterocycles. The van der Waals surface area contributed by atoms with Crippen LogP contribution in [0.1, 0.15) is 52.9 Å². The van der Waals surface area contributed by atoms with Crippen LogP contribution in [0, 0.1) is 5.92 Å². The largest absolute Gasteiger partial charge is 0.462 e. The summed E-state index contributed by atoms with van der Waals surface area (Å²) in [6, 6.07) is 0. The standard InChI is InChI=1S/C13H22O2/c1-10-6-4-8-11(2)13(14)15-12(3)9-5-7-10/h7,11-12H,4-6,8-9H2,1-3H3/b10-7-. The highest BCUT2D eigenvalue weighted by atomic mass is 16.5. The van der Waals surface area contributed by atoms with Crippen molar-refractivity contribution in [1.29, 1.82) is 0 Å². The van der Waals surface area contributed by atoms with Gasteiger partial charge in [-0.05, 0) is 46.0 Å². The normalized spacial score (nSPS) is 33.5. The van der Waals surface area contributed by atoms with Crippen LogP contribution in [-0.4, -0.2) is 12.1 Å². The van der Waals surface area contributed by atoms with Crippen molar-refractivity contribution in [1.82, 2.24) is 0 Å². The molecule has 0 bridgehead atoms. The highest BCUT2D eigenvalue weighted by Crippen LogP contribution is 2.18. The SMILES string of the molecule is C/C1=C/CCC(C)OC(=O)C(C)CCC1. The number of hydrogen-bond donors (Lipinski definition) is 0. The van der Waals surface area contributed by atoms with E-state index in [4.69, 9.17) is 4.74 Å². The van der Waals surface area contributed by atoms with Crippen molar-refractivity contribution in [3.63, 3.8) is 0 Å². The molecule has 2 atom stereocenters. The highest BCUT2D eigenvalue weighted by molar-refractivity contribution is 5.72. The smallest absolute Gasteiger partial charge is 0.308 e. The Labute approximate surface area is 92.7 Å². The lowest BCUT2D eigenvalue weighted by molar-refractivity contribution is -0.153. The van der Waals surface area contributed by atoms with Crippen molar-refractivity contribution in [2.45, 2.75) is 59.0 Å². The van der Waals surface area contributed by atoms with Crippen LogP contribution in [0.3, 0.4) is 0 Å². The molecule has 0 spiro atoms. The first-order valence-corrected chi connectivity index (χ1v) is 5.95. The van der Waals surface area contributed by atoms with Gasteiger partial charge in [-0.1, -0.05) is 18.6 Å². The van der Waals surface area contributed by atoms with Crippen LogP contribution >= 0.6 is 0 Å². The van der Waals surface area contributed by atoms with E-state index in [0.717, 1.165) is 32.1 Å². The van der Waals surface area contributed by atoms with Crippen molar-refractivity contribution in [2.75, 3.05) is 0 Å². The Bertz CT molecular complexity index is 243. The van der Waals surface area contributed by atoms with Crippen molar-refractivity contribution >= 4 is 5.97 Å². The number of rotatable bonds is 0. The molecular formula is C13H22O2. The lowest BCUT2D eigenvalue weighted by atomic mass is 10.0. The number of esters is 1. The van der Waals surface area contributed by atoms with E-state index in [1.807, 2.05) is 13.8 Å². The Morgan fingerprint density at radius 2 is 2.07 bits per heavy atom. The Kier molecular flexibility index (Phi) is 4.86. The fourth-order valence-corrected chi connectivity index (χ4v) is 1.84. The van der Waals surface area contributed by atoms with Crippen LogP contribution in [0.15, 0.2) is 11.6 Å². The number of carbonyl (C=O) groups excluding carboxylic acids is 1. The summed E-state index contributed by atoms with van der Waals surface area (Å²) in [6.07, 6.45) is 7.45. The maximum Gasteiger partial charge on any atom is 0.308 e. The molecule has 86 valence electrons. The second kappa shape index (κ2) is 5.94. The third-order valence-corrected chi connectivity index (χ3v) is 2.99. The van der Waals surface area contributed by atoms with Crippen molar-refractivity contribution in [2.24, 2.45) is 5.92 Å². The maximum atomic E-state index is 11.6. The summed E-state index contributed by atoms with van der Waals surface area (Å²) < 4.78 is 5.36. The van der Waals surface area contributed by atoms with Gasteiger partial charge in [0.1, 0.15) is 0 Å². The maximum absolute atomic E-state index is 11.6. The van der Waals surface area contributed by atoms with Crippen molar-refractivity contribution in [3.8, 4) is 0 Å². The third-order valence-electron chi connectivity index (χ3n) is 2.99. The summed E-state index contributed by atoms with van der Waals surface area (Å²) in [6.45, 7) is 6.12. The molecule has 0 aliphatic carbocycles. The highest BCUT2D eigenvalue weighted by Gasteiger charge is 2.17. The van der Waals surface area contributed by atoms with E-state index < -0.39 is 0 Å². The molecule has 0 aromatic carbocycles. The molecule has 0 N–H and O–H groups in total. The van der Waals surface area contributed by atoms with Crippen LogP contribution in [0.5, 0.6) is 0 Å². The molecule has 1 heterocycles. The zero-order valence-electron chi connectivity index (χ0n) is 10.1. The molecule has 2 heteroatoms. The fourth-order valence-electron chi connectivity index (χ4n) is 1.84. The molecule has 1 aliphatic rings. The predicted octanol–water partition coefficient (Wildman–Crippen LogP) is 3.46. The number of carbonyl (C=O) groups is 1. The lowest BCUT2D eigenvalue weighted by Gasteiger charge is -2.15. The molecule has 0 fully saturated rings. The van der Waals surface area contributed by atoms with E-state index in [9.17, 15) is 4.79 Å². The van der Waals surface area contributed by atoms with Gasteiger partial charge in [-0.3, -0.25) is 4.79 Å². The monoisotopic (exact) mass is 210 g/mol. The van der Waals surface area contributed by atoms with Crippen molar-refractivity contribution < 1.29 is 9.53 Å². The average Bonchev–Trinajstić information content (AvgIpc) is 2.18. The van der Waals surface area contributed by atoms with Gasteiger partial charge in [-0.15, -0.1) is 0 Å². The second-order valence-electron chi connectivity index (χ2n) is 4.67. The summed E-state index contributed by atoms with van der Waals surface area (Å²) in [5.74, 6) is 0.0282. The summed E-state index contributed by atoms with van der Waals surface area (Å²) in [5.41, 5.74) is 1.45. The first-order valence-electron chi connectivity index (χ1n) is 5.95. The molecule has 0 radical (unpaired) electrons. The number of ether oxygens (including phenoxy) is 1. The molecule has 2 nitrogen and oxygen atoms in total. The molecular weight excluding hydrogens is 188 g/mol. The van der Waals surface area contributed by atoms with Gasteiger partial charge in [0.25, 0.3) is 0 Å². The van der Waals surface area contributed by atoms with Crippen molar-refractivity contribution in [3.05, 3.63) is 11.6 Å². The topological polar surface area (TPSA) is 26.3 Å². The van der Waals surface area contributed by atoms with E-state index in [0.29, 0.717) is 0 Å². The average molecular weight is 210 g/mol. The fraction of sp³-hybridized carbons (Fsp3) is 0.769. The van der Waals surface area contributed by atoms with Gasteiger partial charge in [0.15, 0.2) is 0 Å². The Balaban J connectivity index is 2.57. The number of hydrogen-bond acceptors (Lipinski definition) is 2. The number of allylic oxidation sites excluding steroid dienone is 2. The summed E-state index contributed by atoms with van der Waals surface area (Å²) >= 11 is 0. The minimum atomic E-state index is -0.0259. The molecule has 0 saturated carbocycles. The van der Waals surface area contributed by atoms with Crippen LogP contribution in [0.25, 0.3) is 0 Å². The van der Waals surface area contributed by atoms with Gasteiger partial charge in [-0.2, -0.15) is 0 Å². The molecule has 1 aliphatic heterocycles. The van der Waals surface area contributed by atoms with Gasteiger partial charge in [0, 0.05) is 0 Å². The van der Waals surface area contributed by atoms with E-state index in [2.05, 4.69) is 13.0 Å².